The van der Waals surface area contributed by atoms with Gasteiger partial charge in [-0.25, -0.2) is 4.39 Å². The van der Waals surface area contributed by atoms with Crippen LogP contribution in [0.2, 0.25) is 0 Å². The van der Waals surface area contributed by atoms with E-state index in [0.717, 1.165) is 5.56 Å². The van der Waals surface area contributed by atoms with E-state index in [2.05, 4.69) is 0 Å². The van der Waals surface area contributed by atoms with Crippen molar-refractivity contribution in [2.45, 2.75) is 6.54 Å². The van der Waals surface area contributed by atoms with Crippen LogP contribution in [0, 0.1) is 5.82 Å². The predicted octanol–water partition coefficient (Wildman–Crippen LogP) is 2.75. The number of rotatable bonds is 7. The van der Waals surface area contributed by atoms with Gasteiger partial charge in [-0.3, -0.25) is 0 Å². The Labute approximate surface area is 123 Å². The molecule has 2 rings (SSSR count). The Morgan fingerprint density at radius 2 is 1.71 bits per heavy atom. The molecule has 0 aliphatic rings. The molecule has 0 aromatic heterocycles. The number of nitrogens with two attached hydrogens (primary N) is 1. The molecule has 0 unspecified atom stereocenters. The number of hydrogen-bond donors (Lipinski definition) is 1. The van der Waals surface area contributed by atoms with E-state index in [4.69, 9.17) is 19.9 Å². The number of benzene rings is 2. The van der Waals surface area contributed by atoms with Crippen LogP contribution in [0.1, 0.15) is 5.56 Å². The lowest BCUT2D eigenvalue weighted by Crippen LogP contribution is -2.11. The second kappa shape index (κ2) is 7.50. The quantitative estimate of drug-likeness (QED) is 0.797. The molecule has 0 atom stereocenters. The minimum atomic E-state index is -0.291. The third kappa shape index (κ3) is 4.10. The molecule has 2 aromatic carbocycles. The highest BCUT2D eigenvalue weighted by molar-refractivity contribution is 5.46. The van der Waals surface area contributed by atoms with Crippen molar-refractivity contribution in [2.75, 3.05) is 20.3 Å². The number of para-hydroxylation sites is 1. The molecule has 0 heterocycles. The Hall–Kier alpha value is -2.27. The van der Waals surface area contributed by atoms with Crippen LogP contribution in [0.5, 0.6) is 17.2 Å². The third-order valence-corrected chi connectivity index (χ3v) is 2.91. The molecule has 5 heteroatoms. The van der Waals surface area contributed by atoms with Crippen LogP contribution < -0.4 is 19.9 Å². The molecular formula is C16H18FNO3. The van der Waals surface area contributed by atoms with Crippen LogP contribution in [0.3, 0.4) is 0 Å². The molecule has 0 radical (unpaired) electrons. The summed E-state index contributed by atoms with van der Waals surface area (Å²) in [7, 11) is 1.58. The molecule has 0 aliphatic heterocycles. The minimum Gasteiger partial charge on any atom is -0.493 e. The van der Waals surface area contributed by atoms with Gasteiger partial charge in [0.2, 0.25) is 0 Å². The van der Waals surface area contributed by atoms with Crippen molar-refractivity contribution in [1.82, 2.24) is 0 Å². The lowest BCUT2D eigenvalue weighted by atomic mass is 10.2. The fourth-order valence-electron chi connectivity index (χ4n) is 1.88. The molecule has 21 heavy (non-hydrogen) atoms. The molecular weight excluding hydrogens is 273 g/mol. The molecule has 0 saturated heterocycles. The van der Waals surface area contributed by atoms with E-state index in [1.54, 1.807) is 19.2 Å². The summed E-state index contributed by atoms with van der Waals surface area (Å²) in [4.78, 5) is 0. The van der Waals surface area contributed by atoms with Crippen LogP contribution in [0.15, 0.2) is 42.5 Å². The zero-order chi connectivity index (χ0) is 15.1. The van der Waals surface area contributed by atoms with E-state index in [-0.39, 0.29) is 5.82 Å². The molecule has 0 saturated carbocycles. The summed E-state index contributed by atoms with van der Waals surface area (Å²) in [5.74, 6) is 1.57. The zero-order valence-electron chi connectivity index (χ0n) is 11.8. The molecule has 4 nitrogen and oxygen atoms in total. The van der Waals surface area contributed by atoms with Gasteiger partial charge in [0.05, 0.1) is 7.11 Å². The molecule has 0 aliphatic carbocycles. The summed E-state index contributed by atoms with van der Waals surface area (Å²) in [5, 5.41) is 0. The highest BCUT2D eigenvalue weighted by Gasteiger charge is 2.09. The van der Waals surface area contributed by atoms with Crippen molar-refractivity contribution in [3.63, 3.8) is 0 Å². The van der Waals surface area contributed by atoms with Gasteiger partial charge < -0.3 is 19.9 Å². The Morgan fingerprint density at radius 1 is 1.00 bits per heavy atom. The summed E-state index contributed by atoms with van der Waals surface area (Å²) in [6.45, 7) is 1.05. The van der Waals surface area contributed by atoms with Crippen LogP contribution in [0.4, 0.5) is 4.39 Å². The van der Waals surface area contributed by atoms with Crippen LogP contribution >= 0.6 is 0 Å². The van der Waals surface area contributed by atoms with Crippen LogP contribution in [-0.2, 0) is 6.54 Å². The number of ether oxygens (including phenoxy) is 3. The topological polar surface area (TPSA) is 53.7 Å². The Kier molecular flexibility index (Phi) is 5.40. The van der Waals surface area contributed by atoms with Gasteiger partial charge >= 0.3 is 0 Å². The Bertz CT molecular complexity index is 550. The molecule has 0 fully saturated rings. The molecule has 0 bridgehead atoms. The van der Waals surface area contributed by atoms with E-state index >= 15 is 0 Å². The van der Waals surface area contributed by atoms with Gasteiger partial charge in [0, 0.05) is 12.1 Å². The first-order chi connectivity index (χ1) is 10.2. The molecule has 0 amide bonds. The van der Waals surface area contributed by atoms with E-state index in [1.165, 1.54) is 12.1 Å². The first-order valence-corrected chi connectivity index (χ1v) is 6.61. The van der Waals surface area contributed by atoms with Gasteiger partial charge in [-0.05, 0) is 30.3 Å². The minimum absolute atomic E-state index is 0.291. The van der Waals surface area contributed by atoms with Gasteiger partial charge in [0.15, 0.2) is 11.5 Å². The number of hydrogen-bond acceptors (Lipinski definition) is 4. The van der Waals surface area contributed by atoms with Gasteiger partial charge in [0.25, 0.3) is 0 Å². The summed E-state index contributed by atoms with van der Waals surface area (Å²) in [5.41, 5.74) is 6.55. The second-order valence-electron chi connectivity index (χ2n) is 4.30. The van der Waals surface area contributed by atoms with Crippen LogP contribution in [0.25, 0.3) is 0 Å². The van der Waals surface area contributed by atoms with Crippen molar-refractivity contribution in [2.24, 2.45) is 5.73 Å². The summed E-state index contributed by atoms with van der Waals surface area (Å²) in [6.07, 6.45) is 0. The van der Waals surface area contributed by atoms with Gasteiger partial charge in [-0.1, -0.05) is 12.1 Å². The lowest BCUT2D eigenvalue weighted by molar-refractivity contribution is 0.210. The fourth-order valence-corrected chi connectivity index (χ4v) is 1.88. The average molecular weight is 291 g/mol. The number of methoxy groups -OCH3 is 1. The van der Waals surface area contributed by atoms with Crippen molar-refractivity contribution in [3.05, 3.63) is 53.8 Å². The highest BCUT2D eigenvalue weighted by Crippen LogP contribution is 2.30. The maximum absolute atomic E-state index is 12.8. The maximum atomic E-state index is 12.8. The summed E-state index contributed by atoms with van der Waals surface area (Å²) < 4.78 is 29.2. The monoisotopic (exact) mass is 291 g/mol. The molecule has 112 valence electrons. The first-order valence-electron chi connectivity index (χ1n) is 6.61. The van der Waals surface area contributed by atoms with E-state index in [1.807, 2.05) is 18.2 Å². The molecule has 2 N–H and O–H groups in total. The highest BCUT2D eigenvalue weighted by atomic mass is 19.1. The van der Waals surface area contributed by atoms with Gasteiger partial charge in [-0.15, -0.1) is 0 Å². The van der Waals surface area contributed by atoms with Crippen LogP contribution in [-0.4, -0.2) is 20.3 Å². The zero-order valence-corrected chi connectivity index (χ0v) is 11.8. The van der Waals surface area contributed by atoms with E-state index in [9.17, 15) is 4.39 Å². The van der Waals surface area contributed by atoms with Crippen molar-refractivity contribution >= 4 is 0 Å². The summed E-state index contributed by atoms with van der Waals surface area (Å²) >= 11 is 0. The normalized spacial score (nSPS) is 10.2. The van der Waals surface area contributed by atoms with Gasteiger partial charge in [0.1, 0.15) is 24.8 Å². The largest absolute Gasteiger partial charge is 0.493 e. The average Bonchev–Trinajstić information content (AvgIpc) is 2.53. The Morgan fingerprint density at radius 3 is 2.38 bits per heavy atom. The fraction of sp³-hybridized carbons (Fsp3) is 0.250. The molecule has 0 spiro atoms. The maximum Gasteiger partial charge on any atom is 0.165 e. The van der Waals surface area contributed by atoms with Crippen molar-refractivity contribution in [3.8, 4) is 17.2 Å². The predicted molar refractivity (Wildman–Crippen MR) is 78.3 cm³/mol. The summed E-state index contributed by atoms with van der Waals surface area (Å²) in [6, 6.07) is 11.4. The second-order valence-corrected chi connectivity index (χ2v) is 4.30. The van der Waals surface area contributed by atoms with Gasteiger partial charge in [-0.2, -0.15) is 0 Å². The first kappa shape index (κ1) is 15.1. The smallest absolute Gasteiger partial charge is 0.165 e. The lowest BCUT2D eigenvalue weighted by Gasteiger charge is -2.14. The molecule has 2 aromatic rings. The number of halogens is 1. The van der Waals surface area contributed by atoms with Crippen molar-refractivity contribution in [1.29, 1.82) is 0 Å². The standard InChI is InChI=1S/C16H18FNO3/c1-19-15-4-2-3-12(11-18)16(15)21-10-9-20-14-7-5-13(17)6-8-14/h2-8H,9-11,18H2,1H3. The Balaban J connectivity index is 1.90. The SMILES string of the molecule is COc1cccc(CN)c1OCCOc1ccc(F)cc1. The van der Waals surface area contributed by atoms with E-state index < -0.39 is 0 Å². The van der Waals surface area contributed by atoms with E-state index in [0.29, 0.717) is 37.0 Å². The van der Waals surface area contributed by atoms with Crippen molar-refractivity contribution < 1.29 is 18.6 Å². The third-order valence-electron chi connectivity index (χ3n) is 2.91.